The van der Waals surface area contributed by atoms with Gasteiger partial charge in [-0.15, -0.1) is 0 Å². The number of nitrogens with two attached hydrogens (primary N) is 1. The summed E-state index contributed by atoms with van der Waals surface area (Å²) in [6.07, 6.45) is 9.60. The van der Waals surface area contributed by atoms with Gasteiger partial charge in [0, 0.05) is 18.5 Å². The molecule has 6 nitrogen and oxygen atoms in total. The van der Waals surface area contributed by atoms with E-state index in [0.29, 0.717) is 48.6 Å². The van der Waals surface area contributed by atoms with Crippen molar-refractivity contribution in [2.45, 2.75) is 58.9 Å². The summed E-state index contributed by atoms with van der Waals surface area (Å²) in [7, 11) is 1.62. The number of hydrogen-bond acceptors (Lipinski definition) is 5. The van der Waals surface area contributed by atoms with Gasteiger partial charge in [0.15, 0.2) is 11.5 Å². The first-order valence-corrected chi connectivity index (χ1v) is 13.1. The summed E-state index contributed by atoms with van der Waals surface area (Å²) in [5.74, 6) is 2.79. The molecule has 0 unspecified atom stereocenters. The number of benzene rings is 2. The summed E-state index contributed by atoms with van der Waals surface area (Å²) in [6, 6.07) is 13.2. The molecule has 0 aliphatic heterocycles. The first kappa shape index (κ1) is 29.2. The molecule has 2 aromatic rings. The fraction of sp³-hybridized carbons (Fsp3) is 0.448. The number of thiocarbonyl (C=S) groups is 1. The molecule has 2 rings (SSSR count). The van der Waals surface area contributed by atoms with Crippen LogP contribution in [0, 0.1) is 5.92 Å². The summed E-state index contributed by atoms with van der Waals surface area (Å²) in [5.41, 5.74) is 7.41. The Morgan fingerprint density at radius 1 is 1.00 bits per heavy atom. The van der Waals surface area contributed by atoms with Crippen LogP contribution in [0.1, 0.15) is 63.5 Å². The third-order valence-corrected chi connectivity index (χ3v) is 5.70. The van der Waals surface area contributed by atoms with Gasteiger partial charge in [0.25, 0.3) is 0 Å². The summed E-state index contributed by atoms with van der Waals surface area (Å²) in [5, 5.41) is 2.99. The van der Waals surface area contributed by atoms with Crippen molar-refractivity contribution >= 4 is 23.1 Å². The number of hydrogen-bond donors (Lipinski definition) is 2. The monoisotopic (exact) mass is 512 g/mol. The van der Waals surface area contributed by atoms with Crippen LogP contribution in [0.3, 0.4) is 0 Å². The van der Waals surface area contributed by atoms with Crippen molar-refractivity contribution in [3.05, 3.63) is 65.7 Å². The van der Waals surface area contributed by atoms with Crippen molar-refractivity contribution in [2.24, 2.45) is 11.7 Å². The molecule has 7 heteroatoms. The maximum absolute atomic E-state index is 12.1. The van der Waals surface area contributed by atoms with Crippen molar-refractivity contribution < 1.29 is 19.0 Å². The zero-order valence-electron chi connectivity index (χ0n) is 21.8. The lowest BCUT2D eigenvalue weighted by atomic mass is 10.1. The van der Waals surface area contributed by atoms with Crippen LogP contribution in [0.4, 0.5) is 0 Å². The van der Waals surface area contributed by atoms with E-state index >= 15 is 0 Å². The number of amides is 1. The molecule has 0 atom stereocenters. The Labute approximate surface area is 221 Å². The minimum atomic E-state index is 0.0723. The molecule has 0 bridgehead atoms. The molecule has 2 aromatic carbocycles. The van der Waals surface area contributed by atoms with Gasteiger partial charge >= 0.3 is 0 Å². The van der Waals surface area contributed by atoms with Crippen LogP contribution in [-0.4, -0.2) is 31.2 Å². The molecule has 36 heavy (non-hydrogen) atoms. The molecule has 0 heterocycles. The highest BCUT2D eigenvalue weighted by atomic mass is 32.1. The molecule has 196 valence electrons. The van der Waals surface area contributed by atoms with Gasteiger partial charge in [-0.1, -0.05) is 44.3 Å². The van der Waals surface area contributed by atoms with E-state index in [1.54, 1.807) is 7.11 Å². The van der Waals surface area contributed by atoms with E-state index in [1.165, 1.54) is 0 Å². The number of nitrogens with one attached hydrogen (secondary N) is 1. The van der Waals surface area contributed by atoms with Gasteiger partial charge in [0.2, 0.25) is 5.91 Å². The Bertz CT molecular complexity index is 974. The second-order valence-electron chi connectivity index (χ2n) is 8.97. The molecule has 0 aromatic heterocycles. The van der Waals surface area contributed by atoms with Crippen LogP contribution in [0.15, 0.2) is 54.6 Å². The lowest BCUT2D eigenvalue weighted by Crippen LogP contribution is -2.22. The lowest BCUT2D eigenvalue weighted by molar-refractivity contribution is -0.121. The smallest absolute Gasteiger partial charge is 0.220 e. The Balaban J connectivity index is 1.64. The largest absolute Gasteiger partial charge is 0.494 e. The SMILES string of the molecule is COc1cc(CNC(=O)CCCC/C=C/C(C)C)ccc1OCCCCOc1ccc(C(N)=S)cc1. The summed E-state index contributed by atoms with van der Waals surface area (Å²) >= 11 is 4.96. The number of carbonyl (C=O) groups is 1. The number of carbonyl (C=O) groups excluding carboxylic acids is 1. The predicted octanol–water partition coefficient (Wildman–Crippen LogP) is 5.96. The van der Waals surface area contributed by atoms with Crippen LogP contribution in [-0.2, 0) is 11.3 Å². The molecule has 0 saturated heterocycles. The van der Waals surface area contributed by atoms with Gasteiger partial charge in [0.05, 0.1) is 20.3 Å². The van der Waals surface area contributed by atoms with E-state index in [9.17, 15) is 4.79 Å². The van der Waals surface area contributed by atoms with Crippen LogP contribution in [0.5, 0.6) is 17.2 Å². The van der Waals surface area contributed by atoms with E-state index in [4.69, 9.17) is 32.2 Å². The minimum Gasteiger partial charge on any atom is -0.494 e. The number of allylic oxidation sites excluding steroid dienone is 2. The van der Waals surface area contributed by atoms with Gasteiger partial charge in [-0.2, -0.15) is 0 Å². The van der Waals surface area contributed by atoms with Crippen molar-refractivity contribution in [3.8, 4) is 17.2 Å². The first-order valence-electron chi connectivity index (χ1n) is 12.6. The standard InChI is InChI=1S/C29H40N2O4S/c1-22(2)10-6-4-5-7-11-28(32)31-21-23-12-17-26(27(20-23)33-3)35-19-9-8-18-34-25-15-13-24(14-16-25)29(30)36/h6,10,12-17,20,22H,4-5,7-9,11,18-19,21H2,1-3H3,(H2,30,36)(H,31,32)/b10-6+. The molecule has 0 saturated carbocycles. The Morgan fingerprint density at radius 3 is 2.39 bits per heavy atom. The summed E-state index contributed by atoms with van der Waals surface area (Å²) in [4.78, 5) is 12.5. The van der Waals surface area contributed by atoms with Gasteiger partial charge < -0.3 is 25.3 Å². The lowest BCUT2D eigenvalue weighted by Gasteiger charge is -2.13. The highest BCUT2D eigenvalue weighted by Gasteiger charge is 2.08. The van der Waals surface area contributed by atoms with Gasteiger partial charge in [0.1, 0.15) is 10.7 Å². The topological polar surface area (TPSA) is 82.8 Å². The highest BCUT2D eigenvalue weighted by Crippen LogP contribution is 2.28. The Hall–Kier alpha value is -3.06. The van der Waals surface area contributed by atoms with Crippen molar-refractivity contribution in [1.82, 2.24) is 5.32 Å². The highest BCUT2D eigenvalue weighted by molar-refractivity contribution is 7.80. The zero-order chi connectivity index (χ0) is 26.2. The molecule has 3 N–H and O–H groups in total. The van der Waals surface area contributed by atoms with Gasteiger partial charge in [-0.05, 0) is 80.0 Å². The third kappa shape index (κ3) is 11.6. The number of methoxy groups -OCH3 is 1. The van der Waals surface area contributed by atoms with Crippen LogP contribution < -0.4 is 25.3 Å². The molecular formula is C29H40N2O4S. The Morgan fingerprint density at radius 2 is 1.72 bits per heavy atom. The minimum absolute atomic E-state index is 0.0723. The van der Waals surface area contributed by atoms with E-state index in [1.807, 2.05) is 42.5 Å². The fourth-order valence-corrected chi connectivity index (χ4v) is 3.57. The van der Waals surface area contributed by atoms with E-state index in [0.717, 1.165) is 49.0 Å². The van der Waals surface area contributed by atoms with Crippen LogP contribution in [0.25, 0.3) is 0 Å². The van der Waals surface area contributed by atoms with E-state index in [-0.39, 0.29) is 5.91 Å². The molecular weight excluding hydrogens is 472 g/mol. The van der Waals surface area contributed by atoms with Gasteiger partial charge in [-0.25, -0.2) is 0 Å². The molecule has 0 aliphatic rings. The number of rotatable bonds is 17. The fourth-order valence-electron chi connectivity index (χ4n) is 3.44. The maximum Gasteiger partial charge on any atom is 0.220 e. The summed E-state index contributed by atoms with van der Waals surface area (Å²) < 4.78 is 17.1. The second-order valence-corrected chi connectivity index (χ2v) is 9.41. The first-order chi connectivity index (χ1) is 17.4. The average molecular weight is 513 g/mol. The van der Waals surface area contributed by atoms with Crippen LogP contribution in [0.2, 0.25) is 0 Å². The van der Waals surface area contributed by atoms with Crippen molar-refractivity contribution in [2.75, 3.05) is 20.3 Å². The normalized spacial score (nSPS) is 11.0. The van der Waals surface area contributed by atoms with E-state index < -0.39 is 0 Å². The number of unbranched alkanes of at least 4 members (excludes halogenated alkanes) is 3. The quantitative estimate of drug-likeness (QED) is 0.155. The second kappa shape index (κ2) is 16.6. The van der Waals surface area contributed by atoms with Crippen molar-refractivity contribution in [3.63, 3.8) is 0 Å². The predicted molar refractivity (Wildman–Crippen MR) is 150 cm³/mol. The van der Waals surface area contributed by atoms with E-state index in [2.05, 4.69) is 31.3 Å². The average Bonchev–Trinajstić information content (AvgIpc) is 2.87. The van der Waals surface area contributed by atoms with Gasteiger partial charge in [-0.3, -0.25) is 4.79 Å². The third-order valence-electron chi connectivity index (χ3n) is 5.47. The zero-order valence-corrected chi connectivity index (χ0v) is 22.6. The Kier molecular flexibility index (Phi) is 13.4. The maximum atomic E-state index is 12.1. The van der Waals surface area contributed by atoms with Crippen LogP contribution >= 0.6 is 12.2 Å². The molecule has 1 amide bonds. The molecule has 0 spiro atoms. The molecule has 0 fully saturated rings. The molecule has 0 aliphatic carbocycles. The van der Waals surface area contributed by atoms with Crippen molar-refractivity contribution in [1.29, 1.82) is 0 Å². The molecule has 0 radical (unpaired) electrons. The summed E-state index contributed by atoms with van der Waals surface area (Å²) in [6.45, 7) is 5.95. The number of ether oxygens (including phenoxy) is 3.